The van der Waals surface area contributed by atoms with E-state index in [9.17, 15) is 14.9 Å². The number of hydrogen-bond donors (Lipinski definition) is 1. The number of fused-ring (bicyclic) bond motifs is 1. The number of rotatable bonds is 4. The summed E-state index contributed by atoms with van der Waals surface area (Å²) in [6.07, 6.45) is 2.89. The first-order valence-electron chi connectivity index (χ1n) is 8.57. The molecule has 1 heterocycles. The Bertz CT molecular complexity index is 949. The van der Waals surface area contributed by atoms with Crippen LogP contribution in [0.25, 0.3) is 0 Å². The third kappa shape index (κ3) is 3.86. The van der Waals surface area contributed by atoms with Crippen LogP contribution in [0.4, 0.5) is 5.69 Å². The van der Waals surface area contributed by atoms with Gasteiger partial charge in [0.05, 0.1) is 6.07 Å². The molecule has 0 aliphatic carbocycles. The van der Waals surface area contributed by atoms with Gasteiger partial charge in [0, 0.05) is 28.4 Å². The predicted octanol–water partition coefficient (Wildman–Crippen LogP) is 3.80. The second-order valence-corrected chi connectivity index (χ2v) is 6.61. The molecule has 0 fully saturated rings. The Kier molecular flexibility index (Phi) is 5.58. The molecule has 2 aromatic carbocycles. The van der Waals surface area contributed by atoms with E-state index in [1.807, 2.05) is 0 Å². The largest absolute Gasteiger partial charge is 0.332 e. The lowest BCUT2D eigenvalue weighted by Crippen LogP contribution is -2.34. The number of anilines is 1. The van der Waals surface area contributed by atoms with E-state index in [2.05, 4.69) is 18.0 Å². The number of halogens is 1. The molecule has 3 rings (SSSR count). The number of carbonyl (C=O) groups is 2. The molecular formula is C21H18ClN3O2. The fourth-order valence-corrected chi connectivity index (χ4v) is 3.43. The molecule has 0 saturated carbocycles. The van der Waals surface area contributed by atoms with Gasteiger partial charge in [-0.1, -0.05) is 36.4 Å². The first-order valence-corrected chi connectivity index (χ1v) is 8.94. The van der Waals surface area contributed by atoms with Crippen LogP contribution in [-0.2, 0) is 11.2 Å². The molecule has 0 spiro atoms. The van der Waals surface area contributed by atoms with E-state index in [4.69, 9.17) is 11.6 Å². The summed E-state index contributed by atoms with van der Waals surface area (Å²) in [6, 6.07) is 13.3. The molecule has 1 unspecified atom stereocenters. The van der Waals surface area contributed by atoms with Crippen molar-refractivity contribution < 1.29 is 9.59 Å². The maximum Gasteiger partial charge on any atom is 0.252 e. The number of hydrogen-bond acceptors (Lipinski definition) is 3. The molecule has 136 valence electrons. The number of carbonyl (C=O) groups excluding carboxylic acids is 2. The number of nitrogens with zero attached hydrogens (tertiary/aromatic N) is 2. The summed E-state index contributed by atoms with van der Waals surface area (Å²) in [5.74, 6) is -0.521. The SMILES string of the molecule is C=CC(=O)N1CCCc2cc(C(=O)NC(C#N)c3ccccc3Cl)ccc21. The zero-order valence-corrected chi connectivity index (χ0v) is 15.4. The molecule has 1 aliphatic rings. The summed E-state index contributed by atoms with van der Waals surface area (Å²) < 4.78 is 0. The van der Waals surface area contributed by atoms with Crippen molar-refractivity contribution in [3.05, 3.63) is 76.8 Å². The van der Waals surface area contributed by atoms with Gasteiger partial charge in [0.15, 0.2) is 0 Å². The van der Waals surface area contributed by atoms with Crippen molar-refractivity contribution in [1.82, 2.24) is 5.32 Å². The van der Waals surface area contributed by atoms with E-state index in [1.54, 1.807) is 47.4 Å². The monoisotopic (exact) mass is 379 g/mol. The van der Waals surface area contributed by atoms with Crippen LogP contribution in [0, 0.1) is 11.3 Å². The third-order valence-corrected chi connectivity index (χ3v) is 4.87. The van der Waals surface area contributed by atoms with Crippen LogP contribution in [0.15, 0.2) is 55.1 Å². The van der Waals surface area contributed by atoms with E-state index in [-0.39, 0.29) is 11.8 Å². The standard InChI is InChI=1S/C21H18ClN3O2/c1-2-20(26)25-11-5-6-14-12-15(9-10-19(14)25)21(27)24-18(13-23)16-7-3-4-8-17(16)22/h2-4,7-10,12,18H,1,5-6,11H2,(H,24,27). The molecule has 2 amide bonds. The van der Waals surface area contributed by atoms with E-state index >= 15 is 0 Å². The van der Waals surface area contributed by atoms with Gasteiger partial charge in [-0.2, -0.15) is 5.26 Å². The van der Waals surface area contributed by atoms with Gasteiger partial charge >= 0.3 is 0 Å². The summed E-state index contributed by atoms with van der Waals surface area (Å²) in [6.45, 7) is 4.17. The van der Waals surface area contributed by atoms with Gasteiger partial charge in [-0.3, -0.25) is 9.59 Å². The van der Waals surface area contributed by atoms with Gasteiger partial charge in [0.25, 0.3) is 5.91 Å². The summed E-state index contributed by atoms with van der Waals surface area (Å²) in [7, 11) is 0. The van der Waals surface area contributed by atoms with Gasteiger partial charge in [-0.15, -0.1) is 0 Å². The molecular weight excluding hydrogens is 362 g/mol. The highest BCUT2D eigenvalue weighted by atomic mass is 35.5. The smallest absolute Gasteiger partial charge is 0.252 e. The number of aryl methyl sites for hydroxylation is 1. The molecule has 1 atom stereocenters. The number of nitrogens with one attached hydrogen (secondary N) is 1. The minimum atomic E-state index is -0.846. The van der Waals surface area contributed by atoms with E-state index < -0.39 is 6.04 Å². The molecule has 0 bridgehead atoms. The molecule has 1 aliphatic heterocycles. The van der Waals surface area contributed by atoms with E-state index in [1.165, 1.54) is 6.08 Å². The summed E-state index contributed by atoms with van der Waals surface area (Å²) in [4.78, 5) is 26.3. The van der Waals surface area contributed by atoms with Crippen molar-refractivity contribution in [3.8, 4) is 6.07 Å². The van der Waals surface area contributed by atoms with Gasteiger partial charge in [-0.25, -0.2) is 0 Å². The molecule has 5 nitrogen and oxygen atoms in total. The maximum atomic E-state index is 12.7. The maximum absolute atomic E-state index is 12.7. The van der Waals surface area contributed by atoms with Gasteiger partial charge in [0.2, 0.25) is 5.91 Å². The topological polar surface area (TPSA) is 73.2 Å². The minimum absolute atomic E-state index is 0.156. The second-order valence-electron chi connectivity index (χ2n) is 6.20. The first-order chi connectivity index (χ1) is 13.0. The lowest BCUT2D eigenvalue weighted by molar-refractivity contribution is -0.114. The van der Waals surface area contributed by atoms with Crippen LogP contribution in [-0.4, -0.2) is 18.4 Å². The number of amides is 2. The van der Waals surface area contributed by atoms with Crippen molar-refractivity contribution in [3.63, 3.8) is 0 Å². The Labute approximate surface area is 162 Å². The highest BCUT2D eigenvalue weighted by molar-refractivity contribution is 6.31. The van der Waals surface area contributed by atoms with Crippen molar-refractivity contribution in [2.24, 2.45) is 0 Å². The van der Waals surface area contributed by atoms with Crippen LogP contribution >= 0.6 is 11.6 Å². The van der Waals surface area contributed by atoms with Gasteiger partial charge in [-0.05, 0) is 48.7 Å². The molecule has 0 saturated heterocycles. The van der Waals surface area contributed by atoms with E-state index in [0.717, 1.165) is 24.1 Å². The fraction of sp³-hybridized carbons (Fsp3) is 0.190. The summed E-state index contributed by atoms with van der Waals surface area (Å²) in [5.41, 5.74) is 2.71. The molecule has 27 heavy (non-hydrogen) atoms. The Morgan fingerprint density at radius 3 is 2.78 bits per heavy atom. The summed E-state index contributed by atoms with van der Waals surface area (Å²) in [5, 5.41) is 12.6. The van der Waals surface area contributed by atoms with Crippen LogP contribution in [0.5, 0.6) is 0 Å². The lowest BCUT2D eigenvalue weighted by Gasteiger charge is -2.29. The van der Waals surface area contributed by atoms with Crippen molar-refractivity contribution >= 4 is 29.1 Å². The predicted molar refractivity (Wildman–Crippen MR) is 105 cm³/mol. The highest BCUT2D eigenvalue weighted by Gasteiger charge is 2.23. The molecule has 0 aromatic heterocycles. The fourth-order valence-electron chi connectivity index (χ4n) is 3.18. The highest BCUT2D eigenvalue weighted by Crippen LogP contribution is 2.29. The summed E-state index contributed by atoms with van der Waals surface area (Å²) >= 11 is 6.13. The Morgan fingerprint density at radius 2 is 2.07 bits per heavy atom. The molecule has 0 radical (unpaired) electrons. The average Bonchev–Trinajstić information content (AvgIpc) is 2.71. The average molecular weight is 380 g/mol. The molecule has 2 aromatic rings. The quantitative estimate of drug-likeness (QED) is 0.821. The Balaban J connectivity index is 1.84. The first kappa shape index (κ1) is 18.7. The molecule has 1 N–H and O–H groups in total. The zero-order valence-electron chi connectivity index (χ0n) is 14.6. The van der Waals surface area contributed by atoms with E-state index in [0.29, 0.717) is 22.7 Å². The van der Waals surface area contributed by atoms with Crippen molar-refractivity contribution in [1.29, 1.82) is 5.26 Å². The normalized spacial score (nSPS) is 13.9. The Morgan fingerprint density at radius 1 is 1.30 bits per heavy atom. The van der Waals surface area contributed by atoms with Gasteiger partial charge in [0.1, 0.15) is 6.04 Å². The van der Waals surface area contributed by atoms with Crippen molar-refractivity contribution in [2.45, 2.75) is 18.9 Å². The third-order valence-electron chi connectivity index (χ3n) is 4.52. The molecule has 6 heteroatoms. The lowest BCUT2D eigenvalue weighted by atomic mass is 9.98. The van der Waals surface area contributed by atoms with Crippen LogP contribution in [0.3, 0.4) is 0 Å². The number of benzene rings is 2. The van der Waals surface area contributed by atoms with Gasteiger partial charge < -0.3 is 10.2 Å². The number of nitriles is 1. The van der Waals surface area contributed by atoms with Crippen LogP contribution in [0.1, 0.15) is 33.9 Å². The zero-order chi connectivity index (χ0) is 19.4. The van der Waals surface area contributed by atoms with Crippen LogP contribution < -0.4 is 10.2 Å². The van der Waals surface area contributed by atoms with Crippen molar-refractivity contribution in [2.75, 3.05) is 11.4 Å². The second kappa shape index (κ2) is 8.07. The Hall–Kier alpha value is -3.10. The van der Waals surface area contributed by atoms with Crippen LogP contribution in [0.2, 0.25) is 5.02 Å². The minimum Gasteiger partial charge on any atom is -0.332 e.